The lowest BCUT2D eigenvalue weighted by atomic mass is 10.1. The maximum atomic E-state index is 13.5. The Balaban J connectivity index is 1.45. The van der Waals surface area contributed by atoms with Crippen molar-refractivity contribution < 1.29 is 18.0 Å². The quantitative estimate of drug-likeness (QED) is 0.521. The number of carbonyl (C=O) groups is 1. The number of hydrogen-bond donors (Lipinski definition) is 0. The number of aryl methyl sites for hydroxylation is 2. The van der Waals surface area contributed by atoms with E-state index in [1.54, 1.807) is 17.0 Å². The number of pyridine rings is 1. The number of alkyl halides is 3. The monoisotopic (exact) mass is 499 g/mol. The molecule has 3 aromatic rings. The lowest BCUT2D eigenvalue weighted by Gasteiger charge is -2.35. The molecule has 1 aliphatic rings. The van der Waals surface area contributed by atoms with Crippen molar-refractivity contribution in [2.75, 3.05) is 26.2 Å². The molecule has 6 nitrogen and oxygen atoms in total. The van der Waals surface area contributed by atoms with Crippen molar-refractivity contribution in [2.24, 2.45) is 0 Å². The summed E-state index contributed by atoms with van der Waals surface area (Å²) in [4.78, 5) is 21.0. The van der Waals surface area contributed by atoms with E-state index in [1.807, 2.05) is 6.07 Å². The Bertz CT molecular complexity index is 1200. The predicted octanol–water partition coefficient (Wildman–Crippen LogP) is 4.72. The maximum absolute atomic E-state index is 13.5. The molecular formula is C22H22Cl2F3N5O. The number of nitrogens with zero attached hydrogens (tertiary/aromatic N) is 5. The average molecular weight is 500 g/mol. The van der Waals surface area contributed by atoms with Gasteiger partial charge in [0, 0.05) is 48.5 Å². The number of fused-ring (bicyclic) bond motifs is 1. The third kappa shape index (κ3) is 5.10. The highest BCUT2D eigenvalue weighted by Gasteiger charge is 2.35. The Kier molecular flexibility index (Phi) is 6.57. The zero-order chi connectivity index (χ0) is 23.9. The van der Waals surface area contributed by atoms with Gasteiger partial charge in [0.2, 0.25) is 5.91 Å². The highest BCUT2D eigenvalue weighted by molar-refractivity contribution is 6.35. The van der Waals surface area contributed by atoms with Crippen LogP contribution in [0.5, 0.6) is 0 Å². The van der Waals surface area contributed by atoms with E-state index in [1.165, 1.54) is 18.5 Å². The van der Waals surface area contributed by atoms with E-state index in [0.29, 0.717) is 42.8 Å². The molecule has 1 amide bonds. The molecule has 0 unspecified atom stereocenters. The summed E-state index contributed by atoms with van der Waals surface area (Å²) in [5.74, 6) is -0.208. The van der Waals surface area contributed by atoms with E-state index >= 15 is 0 Å². The molecule has 0 aliphatic carbocycles. The molecule has 1 aromatic carbocycles. The largest absolute Gasteiger partial charge is 0.417 e. The molecule has 0 saturated carbocycles. The highest BCUT2D eigenvalue weighted by atomic mass is 35.5. The van der Waals surface area contributed by atoms with Gasteiger partial charge in [-0.15, -0.1) is 0 Å². The number of rotatable bonds is 4. The van der Waals surface area contributed by atoms with Crippen LogP contribution in [0.1, 0.15) is 22.5 Å². The molecule has 3 heterocycles. The number of amides is 1. The van der Waals surface area contributed by atoms with Crippen molar-refractivity contribution >= 4 is 40.1 Å². The van der Waals surface area contributed by atoms with Gasteiger partial charge in [-0.05, 0) is 37.6 Å². The number of aromatic nitrogens is 3. The molecule has 4 rings (SSSR count). The Morgan fingerprint density at radius 2 is 1.79 bits per heavy atom. The topological polar surface area (TPSA) is 54.3 Å². The summed E-state index contributed by atoms with van der Waals surface area (Å²) in [7, 11) is 0. The molecule has 33 heavy (non-hydrogen) atoms. The number of hydrogen-bond acceptors (Lipinski definition) is 4. The van der Waals surface area contributed by atoms with Crippen LogP contribution in [0.2, 0.25) is 10.0 Å². The summed E-state index contributed by atoms with van der Waals surface area (Å²) in [6, 6.07) is 6.39. The van der Waals surface area contributed by atoms with Gasteiger partial charge in [0.25, 0.3) is 0 Å². The lowest BCUT2D eigenvalue weighted by Crippen LogP contribution is -2.49. The molecule has 0 spiro atoms. The summed E-state index contributed by atoms with van der Waals surface area (Å²) in [6.07, 6.45) is -4.53. The van der Waals surface area contributed by atoms with E-state index in [2.05, 4.69) is 15.0 Å². The molecule has 0 N–H and O–H groups in total. The molecule has 1 aliphatic heterocycles. The molecular weight excluding hydrogens is 478 g/mol. The highest BCUT2D eigenvalue weighted by Crippen LogP contribution is 2.36. The first-order valence-corrected chi connectivity index (χ1v) is 11.1. The van der Waals surface area contributed by atoms with E-state index < -0.39 is 11.7 Å². The standard InChI is InChI=1S/C22H22Cl2F3N5O/c1-13-9-17(22(25,26)27)20-14(2)29-32(21(20)28-13)12-19(33)31-7-5-30(6-8-31)11-15-3-4-16(23)10-18(15)24/h3-4,9-10H,5-8,11-12H2,1-2H3. The van der Waals surface area contributed by atoms with Gasteiger partial charge in [0.1, 0.15) is 6.54 Å². The number of benzene rings is 1. The second kappa shape index (κ2) is 9.12. The summed E-state index contributed by atoms with van der Waals surface area (Å²) in [6.45, 7) is 5.78. The molecule has 0 radical (unpaired) electrons. The fourth-order valence-corrected chi connectivity index (χ4v) is 4.56. The smallest absolute Gasteiger partial charge is 0.339 e. The second-order valence-corrected chi connectivity index (χ2v) is 8.99. The van der Waals surface area contributed by atoms with Gasteiger partial charge < -0.3 is 4.90 Å². The van der Waals surface area contributed by atoms with Crippen molar-refractivity contribution in [3.05, 3.63) is 56.8 Å². The summed E-state index contributed by atoms with van der Waals surface area (Å²) < 4.78 is 41.8. The van der Waals surface area contributed by atoms with Gasteiger partial charge in [-0.3, -0.25) is 9.69 Å². The van der Waals surface area contributed by atoms with Gasteiger partial charge in [0.05, 0.1) is 16.6 Å². The van der Waals surface area contributed by atoms with Gasteiger partial charge in [-0.25, -0.2) is 9.67 Å². The summed E-state index contributed by atoms with van der Waals surface area (Å²) in [5, 5.41) is 5.31. The number of halogens is 5. The van der Waals surface area contributed by atoms with E-state index in [0.717, 1.165) is 11.6 Å². The molecule has 0 bridgehead atoms. The normalized spacial score (nSPS) is 15.4. The summed E-state index contributed by atoms with van der Waals surface area (Å²) >= 11 is 12.2. The first-order chi connectivity index (χ1) is 15.5. The summed E-state index contributed by atoms with van der Waals surface area (Å²) in [5.41, 5.74) is 0.668. The van der Waals surface area contributed by atoms with Crippen LogP contribution in [0.15, 0.2) is 24.3 Å². The van der Waals surface area contributed by atoms with Crippen LogP contribution in [0.25, 0.3) is 11.0 Å². The van der Waals surface area contributed by atoms with Gasteiger partial charge in [-0.1, -0.05) is 29.3 Å². The zero-order valence-corrected chi connectivity index (χ0v) is 19.6. The van der Waals surface area contributed by atoms with Crippen LogP contribution in [0.4, 0.5) is 13.2 Å². The Hall–Kier alpha value is -2.36. The van der Waals surface area contributed by atoms with Crippen molar-refractivity contribution in [2.45, 2.75) is 33.1 Å². The maximum Gasteiger partial charge on any atom is 0.417 e. The van der Waals surface area contributed by atoms with Gasteiger partial charge in [-0.2, -0.15) is 18.3 Å². The average Bonchev–Trinajstić information content (AvgIpc) is 3.04. The Morgan fingerprint density at radius 3 is 2.42 bits per heavy atom. The second-order valence-electron chi connectivity index (χ2n) is 8.14. The van der Waals surface area contributed by atoms with Crippen molar-refractivity contribution in [1.82, 2.24) is 24.6 Å². The van der Waals surface area contributed by atoms with Crippen molar-refractivity contribution in [3.8, 4) is 0 Å². The molecule has 11 heteroatoms. The van der Waals surface area contributed by atoms with E-state index in [9.17, 15) is 18.0 Å². The van der Waals surface area contributed by atoms with Crippen LogP contribution >= 0.6 is 23.2 Å². The first kappa shape index (κ1) is 23.8. The molecule has 1 fully saturated rings. The van der Waals surface area contributed by atoms with Crippen molar-refractivity contribution in [3.63, 3.8) is 0 Å². The predicted molar refractivity (Wildman–Crippen MR) is 120 cm³/mol. The minimum absolute atomic E-state index is 0.0643. The van der Waals surface area contributed by atoms with E-state index in [4.69, 9.17) is 23.2 Å². The van der Waals surface area contributed by atoms with Gasteiger partial charge in [0.15, 0.2) is 5.65 Å². The van der Waals surface area contributed by atoms with Crippen LogP contribution in [0.3, 0.4) is 0 Å². The molecule has 0 atom stereocenters. The van der Waals surface area contributed by atoms with Crippen LogP contribution in [-0.4, -0.2) is 56.7 Å². The fourth-order valence-electron chi connectivity index (χ4n) is 4.09. The number of piperazine rings is 1. The Morgan fingerprint density at radius 1 is 1.09 bits per heavy atom. The molecule has 1 saturated heterocycles. The minimum atomic E-state index is -4.53. The molecule has 176 valence electrons. The SMILES string of the molecule is Cc1cc(C(F)(F)F)c2c(C)nn(CC(=O)N3CCN(Cc4ccc(Cl)cc4Cl)CC3)c2n1. The van der Waals surface area contributed by atoms with Crippen LogP contribution < -0.4 is 0 Å². The Labute approximate surface area is 198 Å². The third-order valence-corrected chi connectivity index (χ3v) is 6.32. The van der Waals surface area contributed by atoms with Crippen LogP contribution in [-0.2, 0) is 24.1 Å². The number of carbonyl (C=O) groups excluding carboxylic acids is 1. The molecule has 2 aromatic heterocycles. The minimum Gasteiger partial charge on any atom is -0.339 e. The lowest BCUT2D eigenvalue weighted by molar-refractivity contribution is -0.136. The third-order valence-electron chi connectivity index (χ3n) is 5.73. The van der Waals surface area contributed by atoms with E-state index in [-0.39, 0.29) is 34.9 Å². The zero-order valence-electron chi connectivity index (χ0n) is 18.1. The first-order valence-electron chi connectivity index (χ1n) is 10.4. The van der Waals surface area contributed by atoms with Crippen molar-refractivity contribution in [1.29, 1.82) is 0 Å². The fraction of sp³-hybridized carbons (Fsp3) is 0.409. The van der Waals surface area contributed by atoms with Crippen LogP contribution in [0, 0.1) is 13.8 Å². The van der Waals surface area contributed by atoms with Gasteiger partial charge >= 0.3 is 6.18 Å².